The summed E-state index contributed by atoms with van der Waals surface area (Å²) in [6, 6.07) is 0. The van der Waals surface area contributed by atoms with Gasteiger partial charge in [0, 0.05) is 13.5 Å². The third-order valence-corrected chi connectivity index (χ3v) is 2.34. The molecule has 0 bridgehead atoms. The zero-order chi connectivity index (χ0) is 13.0. The molecule has 1 atom stereocenters. The van der Waals surface area contributed by atoms with Gasteiger partial charge in [0.2, 0.25) is 5.91 Å². The minimum absolute atomic E-state index is 0.346. The summed E-state index contributed by atoms with van der Waals surface area (Å²) in [7, 11) is 1.24. The Morgan fingerprint density at radius 1 is 1.25 bits per heavy atom. The lowest BCUT2D eigenvalue weighted by molar-refractivity contribution is -0.157. The fraction of sp³-hybridized carbons (Fsp3) is 0.778. The van der Waals surface area contributed by atoms with Gasteiger partial charge in [-0.2, -0.15) is 13.2 Å². The van der Waals surface area contributed by atoms with Gasteiger partial charge < -0.3 is 10.4 Å². The van der Waals surface area contributed by atoms with Crippen molar-refractivity contribution in [2.24, 2.45) is 5.41 Å². The molecular weight excluding hydrogens is 227 g/mol. The number of hydrogen-bond donors (Lipinski definition) is 2. The van der Waals surface area contributed by atoms with Crippen molar-refractivity contribution in [2.45, 2.75) is 32.4 Å². The Kier molecular flexibility index (Phi) is 4.77. The third kappa shape index (κ3) is 4.08. The van der Waals surface area contributed by atoms with Gasteiger partial charge in [-0.25, -0.2) is 0 Å². The monoisotopic (exact) mass is 241 g/mol. The topological polar surface area (TPSA) is 66.4 Å². The lowest BCUT2D eigenvalue weighted by atomic mass is 9.84. The van der Waals surface area contributed by atoms with E-state index in [0.717, 1.165) is 6.92 Å². The Balaban J connectivity index is 4.48. The van der Waals surface area contributed by atoms with Gasteiger partial charge in [0.05, 0.1) is 0 Å². The van der Waals surface area contributed by atoms with Crippen molar-refractivity contribution >= 4 is 11.9 Å². The van der Waals surface area contributed by atoms with Gasteiger partial charge in [-0.05, 0) is 19.8 Å². The average molecular weight is 241 g/mol. The first kappa shape index (κ1) is 14.7. The van der Waals surface area contributed by atoms with Crippen LogP contribution in [0.2, 0.25) is 0 Å². The number of carboxylic acid groups (broad SMARTS) is 1. The fourth-order valence-electron chi connectivity index (χ4n) is 1.24. The number of rotatable bonds is 5. The van der Waals surface area contributed by atoms with Crippen molar-refractivity contribution in [1.82, 2.24) is 5.32 Å². The first-order valence-electron chi connectivity index (χ1n) is 4.66. The molecular formula is C9H14F3NO3. The molecule has 0 heterocycles. The first-order valence-corrected chi connectivity index (χ1v) is 4.66. The van der Waals surface area contributed by atoms with E-state index in [-0.39, 0.29) is 12.8 Å². The predicted octanol–water partition coefficient (Wildman–Crippen LogP) is 1.56. The van der Waals surface area contributed by atoms with E-state index in [9.17, 15) is 22.8 Å². The zero-order valence-corrected chi connectivity index (χ0v) is 9.02. The van der Waals surface area contributed by atoms with Crippen LogP contribution in [0.3, 0.4) is 0 Å². The molecule has 0 aromatic carbocycles. The molecule has 94 valence electrons. The number of halogens is 3. The third-order valence-electron chi connectivity index (χ3n) is 2.34. The first-order chi connectivity index (χ1) is 7.13. The lowest BCUT2D eigenvalue weighted by Gasteiger charge is -2.22. The molecule has 0 saturated carbocycles. The number of carbonyl (C=O) groups excluding carboxylic acids is 1. The van der Waals surface area contributed by atoms with E-state index in [1.807, 2.05) is 0 Å². The summed E-state index contributed by atoms with van der Waals surface area (Å²) in [6.07, 6.45) is -6.16. The van der Waals surface area contributed by atoms with Crippen LogP contribution in [0.4, 0.5) is 13.2 Å². The molecule has 0 aliphatic heterocycles. The molecule has 0 spiro atoms. The molecule has 1 unspecified atom stereocenters. The van der Waals surface area contributed by atoms with Gasteiger partial charge in [-0.15, -0.1) is 0 Å². The molecule has 0 aliphatic rings. The van der Waals surface area contributed by atoms with E-state index < -0.39 is 29.9 Å². The maximum Gasteiger partial charge on any atom is 0.389 e. The second-order valence-corrected chi connectivity index (χ2v) is 3.69. The number of aliphatic carboxylic acids is 1. The SMILES string of the molecule is CNC(=O)C(C)(CCCC(F)(F)F)C(=O)O. The molecule has 0 saturated heterocycles. The maximum absolute atomic E-state index is 11.9. The van der Waals surface area contributed by atoms with Crippen LogP contribution in [-0.4, -0.2) is 30.2 Å². The van der Waals surface area contributed by atoms with Gasteiger partial charge in [0.15, 0.2) is 0 Å². The highest BCUT2D eigenvalue weighted by Gasteiger charge is 2.41. The molecule has 0 radical (unpaired) electrons. The van der Waals surface area contributed by atoms with E-state index >= 15 is 0 Å². The number of carbonyl (C=O) groups is 2. The Morgan fingerprint density at radius 2 is 1.75 bits per heavy atom. The van der Waals surface area contributed by atoms with Crippen molar-refractivity contribution in [3.8, 4) is 0 Å². The Bertz CT molecular complexity index is 278. The number of hydrogen-bond acceptors (Lipinski definition) is 2. The quantitative estimate of drug-likeness (QED) is 0.718. The summed E-state index contributed by atoms with van der Waals surface area (Å²) < 4.78 is 35.6. The molecule has 0 aliphatic carbocycles. The number of nitrogens with one attached hydrogen (secondary N) is 1. The fourth-order valence-corrected chi connectivity index (χ4v) is 1.24. The van der Waals surface area contributed by atoms with E-state index in [2.05, 4.69) is 5.32 Å². The predicted molar refractivity (Wildman–Crippen MR) is 49.7 cm³/mol. The van der Waals surface area contributed by atoms with E-state index in [4.69, 9.17) is 5.11 Å². The van der Waals surface area contributed by atoms with Crippen LogP contribution in [0.15, 0.2) is 0 Å². The largest absolute Gasteiger partial charge is 0.480 e. The van der Waals surface area contributed by atoms with Crippen LogP contribution in [0.5, 0.6) is 0 Å². The van der Waals surface area contributed by atoms with Crippen molar-refractivity contribution in [2.75, 3.05) is 7.05 Å². The smallest absolute Gasteiger partial charge is 0.389 e. The molecule has 7 heteroatoms. The summed E-state index contributed by atoms with van der Waals surface area (Å²) >= 11 is 0. The highest BCUT2D eigenvalue weighted by atomic mass is 19.4. The summed E-state index contributed by atoms with van der Waals surface area (Å²) in [5.41, 5.74) is -1.81. The van der Waals surface area contributed by atoms with Crippen LogP contribution < -0.4 is 5.32 Å². The van der Waals surface area contributed by atoms with Gasteiger partial charge in [0.25, 0.3) is 0 Å². The van der Waals surface area contributed by atoms with Crippen molar-refractivity contribution in [3.63, 3.8) is 0 Å². The minimum atomic E-state index is -4.33. The van der Waals surface area contributed by atoms with Crippen LogP contribution in [0, 0.1) is 5.41 Å². The van der Waals surface area contributed by atoms with E-state index in [1.165, 1.54) is 7.05 Å². The molecule has 0 fully saturated rings. The Morgan fingerprint density at radius 3 is 2.06 bits per heavy atom. The molecule has 1 amide bonds. The summed E-state index contributed by atoms with van der Waals surface area (Å²) in [5, 5.41) is 11.0. The number of carboxylic acids is 1. The summed E-state index contributed by atoms with van der Waals surface area (Å²) in [5.74, 6) is -2.21. The van der Waals surface area contributed by atoms with Crippen molar-refractivity contribution < 1.29 is 27.9 Å². The van der Waals surface area contributed by atoms with E-state index in [1.54, 1.807) is 0 Å². The standard InChI is InChI=1S/C9H14F3NO3/c1-8(7(15)16,6(14)13-2)4-3-5-9(10,11)12/h3-5H2,1-2H3,(H,13,14)(H,15,16). The van der Waals surface area contributed by atoms with Crippen LogP contribution >= 0.6 is 0 Å². The van der Waals surface area contributed by atoms with Gasteiger partial charge >= 0.3 is 12.1 Å². The summed E-state index contributed by atoms with van der Waals surface area (Å²) in [6.45, 7) is 1.12. The molecule has 4 nitrogen and oxygen atoms in total. The van der Waals surface area contributed by atoms with Gasteiger partial charge in [-0.3, -0.25) is 9.59 Å². The Labute approximate surface area is 90.8 Å². The molecule has 0 rings (SSSR count). The van der Waals surface area contributed by atoms with Crippen molar-refractivity contribution in [3.05, 3.63) is 0 Å². The second kappa shape index (κ2) is 5.18. The summed E-state index contributed by atoms with van der Waals surface area (Å²) in [4.78, 5) is 22.1. The highest BCUT2D eigenvalue weighted by Crippen LogP contribution is 2.29. The maximum atomic E-state index is 11.9. The van der Waals surface area contributed by atoms with Crippen molar-refractivity contribution in [1.29, 1.82) is 0 Å². The Hall–Kier alpha value is -1.27. The van der Waals surface area contributed by atoms with Crippen LogP contribution in [0.1, 0.15) is 26.2 Å². The van der Waals surface area contributed by atoms with E-state index in [0.29, 0.717) is 0 Å². The molecule has 2 N–H and O–H groups in total. The van der Waals surface area contributed by atoms with Crippen LogP contribution in [-0.2, 0) is 9.59 Å². The average Bonchev–Trinajstić information content (AvgIpc) is 2.13. The number of alkyl halides is 3. The van der Waals surface area contributed by atoms with Gasteiger partial charge in [0.1, 0.15) is 5.41 Å². The minimum Gasteiger partial charge on any atom is -0.480 e. The lowest BCUT2D eigenvalue weighted by Crippen LogP contribution is -2.43. The highest BCUT2D eigenvalue weighted by molar-refractivity contribution is 6.01. The zero-order valence-electron chi connectivity index (χ0n) is 9.02. The molecule has 16 heavy (non-hydrogen) atoms. The normalized spacial score (nSPS) is 15.3. The molecule has 0 aromatic heterocycles. The molecule has 0 aromatic rings. The second-order valence-electron chi connectivity index (χ2n) is 3.69. The number of amides is 1. The van der Waals surface area contributed by atoms with Gasteiger partial charge in [-0.1, -0.05) is 0 Å². The van der Waals surface area contributed by atoms with Crippen LogP contribution in [0.25, 0.3) is 0 Å².